The summed E-state index contributed by atoms with van der Waals surface area (Å²) in [5.74, 6) is 0.128. The summed E-state index contributed by atoms with van der Waals surface area (Å²) in [4.78, 5) is 19.2. The molecule has 0 aliphatic carbocycles. The molecule has 0 amide bonds. The predicted octanol–water partition coefficient (Wildman–Crippen LogP) is 2.13. The second kappa shape index (κ2) is 6.40. The highest BCUT2D eigenvalue weighted by atomic mass is 35.5. The molecule has 0 aliphatic heterocycles. The summed E-state index contributed by atoms with van der Waals surface area (Å²) >= 11 is 5.84. The van der Waals surface area contributed by atoms with E-state index in [1.54, 1.807) is 6.20 Å². The predicted molar refractivity (Wildman–Crippen MR) is 81.8 cm³/mol. The Labute approximate surface area is 130 Å². The van der Waals surface area contributed by atoms with Crippen LogP contribution in [0, 0.1) is 0 Å². The molecule has 2 aromatic heterocycles. The first-order chi connectivity index (χ1) is 10.7. The van der Waals surface area contributed by atoms with E-state index in [1.807, 2.05) is 24.3 Å². The molecule has 2 heterocycles. The molecule has 0 spiro atoms. The largest absolute Gasteiger partial charge is 0.434 e. The maximum Gasteiger partial charge on any atom is 0.434 e. The molecule has 0 saturated heterocycles. The Hall–Kier alpha value is -2.67. The Morgan fingerprint density at radius 2 is 2.00 bits per heavy atom. The zero-order chi connectivity index (χ0) is 15.4. The van der Waals surface area contributed by atoms with Crippen LogP contribution in [-0.2, 0) is 6.42 Å². The number of halogens is 1. The maximum atomic E-state index is 10.9. The molecule has 1 aromatic carbocycles. The Kier molecular flexibility index (Phi) is 4.15. The van der Waals surface area contributed by atoms with E-state index in [-0.39, 0.29) is 5.89 Å². The number of anilines is 1. The highest BCUT2D eigenvalue weighted by Gasteiger charge is 2.07. The number of aromatic nitrogens is 4. The van der Waals surface area contributed by atoms with E-state index in [2.05, 4.69) is 25.5 Å². The zero-order valence-corrected chi connectivity index (χ0v) is 12.2. The monoisotopic (exact) mass is 317 g/mol. The van der Waals surface area contributed by atoms with Gasteiger partial charge in [0.2, 0.25) is 0 Å². The number of benzene rings is 1. The number of nitrogens with zero attached hydrogens (tertiary/aromatic N) is 3. The fraction of sp³-hybridized carbons (Fsp3) is 0.143. The van der Waals surface area contributed by atoms with Crippen LogP contribution in [0.5, 0.6) is 0 Å². The number of hydrogen-bond acceptors (Lipinski definition) is 6. The number of nitrogens with one attached hydrogen (secondary N) is 2. The molecule has 8 heteroatoms. The van der Waals surface area contributed by atoms with Crippen molar-refractivity contribution in [3.05, 3.63) is 57.8 Å². The average molecular weight is 318 g/mol. The molecule has 22 heavy (non-hydrogen) atoms. The normalized spacial score (nSPS) is 10.6. The average Bonchev–Trinajstić information content (AvgIpc) is 2.97. The summed E-state index contributed by atoms with van der Waals surface area (Å²) in [7, 11) is 0. The third kappa shape index (κ3) is 3.50. The van der Waals surface area contributed by atoms with Crippen LogP contribution in [0.15, 0.2) is 45.9 Å². The van der Waals surface area contributed by atoms with Crippen LogP contribution >= 0.6 is 11.6 Å². The second-order valence-corrected chi connectivity index (χ2v) is 4.94. The van der Waals surface area contributed by atoms with Gasteiger partial charge < -0.3 is 9.73 Å². The first kappa shape index (κ1) is 14.3. The van der Waals surface area contributed by atoms with Gasteiger partial charge in [-0.3, -0.25) is 0 Å². The van der Waals surface area contributed by atoms with Crippen molar-refractivity contribution in [3.63, 3.8) is 0 Å². The van der Waals surface area contributed by atoms with Crippen molar-refractivity contribution >= 4 is 17.4 Å². The van der Waals surface area contributed by atoms with Crippen molar-refractivity contribution in [1.29, 1.82) is 0 Å². The van der Waals surface area contributed by atoms with E-state index in [4.69, 9.17) is 16.0 Å². The Bertz CT molecular complexity index is 795. The topological polar surface area (TPSA) is 96.7 Å². The highest BCUT2D eigenvalue weighted by molar-refractivity contribution is 6.30. The van der Waals surface area contributed by atoms with Crippen LogP contribution in [-0.4, -0.2) is 26.7 Å². The molecule has 0 radical (unpaired) electrons. The van der Waals surface area contributed by atoms with Crippen molar-refractivity contribution in [2.24, 2.45) is 0 Å². The lowest BCUT2D eigenvalue weighted by atomic mass is 10.1. The lowest BCUT2D eigenvalue weighted by Crippen LogP contribution is -2.06. The molecule has 112 valence electrons. The first-order valence-electron chi connectivity index (χ1n) is 6.57. The van der Waals surface area contributed by atoms with Crippen molar-refractivity contribution in [1.82, 2.24) is 20.2 Å². The first-order valence-corrected chi connectivity index (χ1v) is 6.95. The van der Waals surface area contributed by atoms with Gasteiger partial charge in [0.15, 0.2) is 0 Å². The van der Waals surface area contributed by atoms with Gasteiger partial charge in [-0.15, -0.1) is 5.10 Å². The van der Waals surface area contributed by atoms with E-state index in [9.17, 15) is 4.79 Å². The SMILES string of the molecule is O=c1[nH]nc(-c2cnc(NCCc3ccc(Cl)cc3)cn2)o1. The van der Waals surface area contributed by atoms with Crippen LogP contribution in [0.2, 0.25) is 5.02 Å². The summed E-state index contributed by atoms with van der Waals surface area (Å²) in [6.07, 6.45) is 3.89. The molecule has 3 rings (SSSR count). The standard InChI is InChI=1S/C14H12ClN5O2/c15-10-3-1-9(2-4-10)5-6-16-12-8-17-11(7-18-12)13-19-20-14(21)22-13/h1-4,7-8H,5-6H2,(H,16,18)(H,20,21). The second-order valence-electron chi connectivity index (χ2n) is 4.51. The lowest BCUT2D eigenvalue weighted by Gasteiger charge is -2.05. The van der Waals surface area contributed by atoms with Gasteiger partial charge in [0.25, 0.3) is 5.89 Å². The number of H-pyrrole nitrogens is 1. The van der Waals surface area contributed by atoms with Crippen LogP contribution in [0.25, 0.3) is 11.6 Å². The molecule has 0 bridgehead atoms. The van der Waals surface area contributed by atoms with Gasteiger partial charge in [0.05, 0.1) is 12.4 Å². The third-order valence-electron chi connectivity index (χ3n) is 2.94. The van der Waals surface area contributed by atoms with E-state index < -0.39 is 5.76 Å². The summed E-state index contributed by atoms with van der Waals surface area (Å²) < 4.78 is 4.80. The summed E-state index contributed by atoms with van der Waals surface area (Å²) in [5, 5.41) is 9.75. The number of rotatable bonds is 5. The van der Waals surface area contributed by atoms with E-state index in [1.165, 1.54) is 11.8 Å². The smallest absolute Gasteiger partial charge is 0.386 e. The van der Waals surface area contributed by atoms with Crippen molar-refractivity contribution in [2.45, 2.75) is 6.42 Å². The fourth-order valence-electron chi connectivity index (χ4n) is 1.86. The summed E-state index contributed by atoms with van der Waals surface area (Å²) in [6.45, 7) is 0.715. The van der Waals surface area contributed by atoms with Gasteiger partial charge in [-0.2, -0.15) is 0 Å². The van der Waals surface area contributed by atoms with Crippen LogP contribution in [0.3, 0.4) is 0 Å². The molecule has 7 nitrogen and oxygen atoms in total. The quantitative estimate of drug-likeness (QED) is 0.748. The number of hydrogen-bond donors (Lipinski definition) is 2. The molecule has 0 saturated carbocycles. The van der Waals surface area contributed by atoms with Crippen LogP contribution < -0.4 is 11.1 Å². The van der Waals surface area contributed by atoms with Crippen LogP contribution in [0.4, 0.5) is 5.82 Å². The minimum absolute atomic E-state index is 0.116. The van der Waals surface area contributed by atoms with Gasteiger partial charge >= 0.3 is 5.76 Å². The fourth-order valence-corrected chi connectivity index (χ4v) is 1.98. The van der Waals surface area contributed by atoms with Crippen molar-refractivity contribution in [3.8, 4) is 11.6 Å². The third-order valence-corrected chi connectivity index (χ3v) is 3.19. The molecule has 3 aromatic rings. The number of aromatic amines is 1. The minimum atomic E-state index is -0.623. The highest BCUT2D eigenvalue weighted by Crippen LogP contribution is 2.12. The van der Waals surface area contributed by atoms with Gasteiger partial charge in [0, 0.05) is 11.6 Å². The molecular formula is C14H12ClN5O2. The molecular weight excluding hydrogens is 306 g/mol. The van der Waals surface area contributed by atoms with Gasteiger partial charge in [-0.05, 0) is 24.1 Å². The Balaban J connectivity index is 1.57. The molecule has 0 aliphatic rings. The minimum Gasteiger partial charge on any atom is -0.386 e. The van der Waals surface area contributed by atoms with Gasteiger partial charge in [-0.25, -0.2) is 19.9 Å². The van der Waals surface area contributed by atoms with Crippen molar-refractivity contribution < 1.29 is 4.42 Å². The van der Waals surface area contributed by atoms with E-state index in [0.29, 0.717) is 18.1 Å². The molecule has 0 atom stereocenters. The zero-order valence-electron chi connectivity index (χ0n) is 11.4. The molecule has 0 unspecified atom stereocenters. The summed E-state index contributed by atoms with van der Waals surface area (Å²) in [6, 6.07) is 7.70. The van der Waals surface area contributed by atoms with Gasteiger partial charge in [0.1, 0.15) is 11.5 Å². The van der Waals surface area contributed by atoms with Gasteiger partial charge in [-0.1, -0.05) is 23.7 Å². The molecule has 0 fully saturated rings. The Morgan fingerprint density at radius 3 is 2.64 bits per heavy atom. The maximum absolute atomic E-state index is 10.9. The Morgan fingerprint density at radius 1 is 1.18 bits per heavy atom. The van der Waals surface area contributed by atoms with E-state index in [0.717, 1.165) is 11.4 Å². The van der Waals surface area contributed by atoms with E-state index >= 15 is 0 Å². The molecule has 2 N–H and O–H groups in total. The van der Waals surface area contributed by atoms with Crippen molar-refractivity contribution in [2.75, 3.05) is 11.9 Å². The lowest BCUT2D eigenvalue weighted by molar-refractivity contribution is 0.525. The summed E-state index contributed by atoms with van der Waals surface area (Å²) in [5.41, 5.74) is 1.57. The van der Waals surface area contributed by atoms with Crippen LogP contribution in [0.1, 0.15) is 5.56 Å².